The number of hydrogen-bond acceptors (Lipinski definition) is 5. The third kappa shape index (κ3) is 6.67. The van der Waals surface area contributed by atoms with Gasteiger partial charge in [-0.1, -0.05) is 44.2 Å². The van der Waals surface area contributed by atoms with E-state index in [9.17, 15) is 9.59 Å². The maximum Gasteiger partial charge on any atom is 0.265 e. The predicted molar refractivity (Wildman–Crippen MR) is 130 cm³/mol. The lowest BCUT2D eigenvalue weighted by Gasteiger charge is -2.19. The molecule has 0 aliphatic rings. The zero-order chi connectivity index (χ0) is 22.8. The lowest BCUT2D eigenvalue weighted by Crippen LogP contribution is -2.28. The second-order valence-corrected chi connectivity index (χ2v) is 8.13. The van der Waals surface area contributed by atoms with E-state index in [1.54, 1.807) is 30.3 Å². The highest BCUT2D eigenvalue weighted by Crippen LogP contribution is 2.19. The van der Waals surface area contributed by atoms with Gasteiger partial charge in [-0.05, 0) is 48.8 Å². The van der Waals surface area contributed by atoms with Crippen LogP contribution in [0.15, 0.2) is 66.0 Å². The summed E-state index contributed by atoms with van der Waals surface area (Å²) < 4.78 is 5.97. The van der Waals surface area contributed by atoms with Crippen LogP contribution in [0.2, 0.25) is 0 Å². The smallest absolute Gasteiger partial charge is 0.265 e. The van der Waals surface area contributed by atoms with E-state index in [2.05, 4.69) is 29.4 Å². The highest BCUT2D eigenvalue weighted by molar-refractivity contribution is 7.12. The van der Waals surface area contributed by atoms with Gasteiger partial charge in [-0.3, -0.25) is 9.59 Å². The molecule has 0 saturated heterocycles. The van der Waals surface area contributed by atoms with Crippen molar-refractivity contribution in [3.05, 3.63) is 82.0 Å². The summed E-state index contributed by atoms with van der Waals surface area (Å²) in [5, 5.41) is 7.63. The molecule has 0 atom stereocenters. The molecular weight excluding hydrogens is 422 g/mol. The van der Waals surface area contributed by atoms with Crippen LogP contribution in [-0.4, -0.2) is 43.0 Å². The molecule has 0 fully saturated rings. The van der Waals surface area contributed by atoms with Crippen molar-refractivity contribution in [1.29, 1.82) is 0 Å². The molecule has 168 valence electrons. The van der Waals surface area contributed by atoms with Gasteiger partial charge in [0.1, 0.15) is 12.4 Å². The van der Waals surface area contributed by atoms with Crippen LogP contribution < -0.4 is 15.4 Å². The molecular formula is C25H29N3O3S. The first-order valence-corrected chi connectivity index (χ1v) is 11.6. The summed E-state index contributed by atoms with van der Waals surface area (Å²) in [4.78, 5) is 27.9. The highest BCUT2D eigenvalue weighted by Gasteiger charge is 2.11. The fourth-order valence-electron chi connectivity index (χ4n) is 3.23. The van der Waals surface area contributed by atoms with E-state index in [0.717, 1.165) is 30.9 Å². The van der Waals surface area contributed by atoms with Crippen molar-refractivity contribution in [3.8, 4) is 5.75 Å². The molecule has 7 heteroatoms. The topological polar surface area (TPSA) is 70.7 Å². The first-order chi connectivity index (χ1) is 15.6. The SMILES string of the molecule is CCN(CC)CCOc1ccccc1CNC(=O)c1cccc(NC(=O)c2cccs2)c1. The molecule has 2 aromatic carbocycles. The second kappa shape index (κ2) is 12.0. The van der Waals surface area contributed by atoms with Crippen molar-refractivity contribution in [2.45, 2.75) is 20.4 Å². The van der Waals surface area contributed by atoms with Gasteiger partial charge in [0.25, 0.3) is 11.8 Å². The Hall–Kier alpha value is -3.16. The van der Waals surface area contributed by atoms with Crippen LogP contribution in [0.3, 0.4) is 0 Å². The summed E-state index contributed by atoms with van der Waals surface area (Å²) >= 11 is 1.37. The number of para-hydroxylation sites is 1. The molecule has 2 amide bonds. The second-order valence-electron chi connectivity index (χ2n) is 7.18. The first kappa shape index (κ1) is 23.5. The Morgan fingerprint density at radius 3 is 2.53 bits per heavy atom. The van der Waals surface area contributed by atoms with Crippen molar-refractivity contribution < 1.29 is 14.3 Å². The minimum Gasteiger partial charge on any atom is -0.492 e. The highest BCUT2D eigenvalue weighted by atomic mass is 32.1. The molecule has 6 nitrogen and oxygen atoms in total. The molecule has 0 aliphatic heterocycles. The lowest BCUT2D eigenvalue weighted by atomic mass is 10.1. The largest absolute Gasteiger partial charge is 0.492 e. The number of hydrogen-bond donors (Lipinski definition) is 2. The van der Waals surface area contributed by atoms with Crippen molar-refractivity contribution in [3.63, 3.8) is 0 Å². The van der Waals surface area contributed by atoms with Gasteiger partial charge in [-0.2, -0.15) is 0 Å². The van der Waals surface area contributed by atoms with Gasteiger partial charge in [0.15, 0.2) is 0 Å². The maximum atomic E-state index is 12.7. The van der Waals surface area contributed by atoms with Crippen LogP contribution in [0.5, 0.6) is 5.75 Å². The number of carbonyl (C=O) groups excluding carboxylic acids is 2. The Balaban J connectivity index is 1.57. The summed E-state index contributed by atoms with van der Waals surface area (Å²) in [6.45, 7) is 8.06. The lowest BCUT2D eigenvalue weighted by molar-refractivity contribution is 0.0949. The van der Waals surface area contributed by atoms with E-state index >= 15 is 0 Å². The normalized spacial score (nSPS) is 10.7. The molecule has 2 N–H and O–H groups in total. The van der Waals surface area contributed by atoms with Crippen LogP contribution in [0.1, 0.15) is 39.4 Å². The number of benzene rings is 2. The summed E-state index contributed by atoms with van der Waals surface area (Å²) in [6, 6.07) is 18.2. The molecule has 1 heterocycles. The first-order valence-electron chi connectivity index (χ1n) is 10.8. The number of thiophene rings is 1. The minimum atomic E-state index is -0.213. The van der Waals surface area contributed by atoms with Crippen LogP contribution in [-0.2, 0) is 6.54 Å². The number of likely N-dealkylation sites (N-methyl/N-ethyl adjacent to an activating group) is 1. The van der Waals surface area contributed by atoms with Gasteiger partial charge < -0.3 is 20.3 Å². The summed E-state index contributed by atoms with van der Waals surface area (Å²) in [5.74, 6) is 0.375. The van der Waals surface area contributed by atoms with Gasteiger partial charge in [0, 0.05) is 29.9 Å². The van der Waals surface area contributed by atoms with Crippen molar-refractivity contribution >= 4 is 28.8 Å². The van der Waals surface area contributed by atoms with E-state index in [-0.39, 0.29) is 11.8 Å². The van der Waals surface area contributed by atoms with E-state index in [1.165, 1.54) is 11.3 Å². The van der Waals surface area contributed by atoms with Gasteiger partial charge in [-0.25, -0.2) is 0 Å². The fourth-order valence-corrected chi connectivity index (χ4v) is 3.85. The summed E-state index contributed by atoms with van der Waals surface area (Å²) in [5.41, 5.74) is 1.98. The molecule has 0 spiro atoms. The molecule has 0 unspecified atom stereocenters. The Kier molecular flexibility index (Phi) is 8.83. The van der Waals surface area contributed by atoms with E-state index in [0.29, 0.717) is 29.3 Å². The van der Waals surface area contributed by atoms with Gasteiger partial charge >= 0.3 is 0 Å². The number of nitrogens with zero attached hydrogens (tertiary/aromatic N) is 1. The number of nitrogens with one attached hydrogen (secondary N) is 2. The minimum absolute atomic E-state index is 0.187. The average molecular weight is 452 g/mol. The van der Waals surface area contributed by atoms with E-state index in [4.69, 9.17) is 4.74 Å². The zero-order valence-corrected chi connectivity index (χ0v) is 19.3. The number of rotatable bonds is 11. The predicted octanol–water partition coefficient (Wildman–Crippen LogP) is 4.65. The third-order valence-electron chi connectivity index (χ3n) is 5.10. The van der Waals surface area contributed by atoms with Crippen molar-refractivity contribution in [1.82, 2.24) is 10.2 Å². The number of ether oxygens (including phenoxy) is 1. The maximum absolute atomic E-state index is 12.7. The van der Waals surface area contributed by atoms with Crippen molar-refractivity contribution in [2.75, 3.05) is 31.6 Å². The monoisotopic (exact) mass is 451 g/mol. The molecule has 1 aromatic heterocycles. The molecule has 32 heavy (non-hydrogen) atoms. The Morgan fingerprint density at radius 1 is 0.969 bits per heavy atom. The number of carbonyl (C=O) groups is 2. The molecule has 0 saturated carbocycles. The average Bonchev–Trinajstić information content (AvgIpc) is 3.36. The fraction of sp³-hybridized carbons (Fsp3) is 0.280. The third-order valence-corrected chi connectivity index (χ3v) is 5.97. The zero-order valence-electron chi connectivity index (χ0n) is 18.5. The summed E-state index contributed by atoms with van der Waals surface area (Å²) in [6.07, 6.45) is 0. The molecule has 0 radical (unpaired) electrons. The Labute approximate surface area is 193 Å². The van der Waals surface area contributed by atoms with Gasteiger partial charge in [0.2, 0.25) is 0 Å². The number of anilines is 1. The summed E-state index contributed by atoms with van der Waals surface area (Å²) in [7, 11) is 0. The Bertz CT molecular complexity index is 1020. The van der Waals surface area contributed by atoms with E-state index < -0.39 is 0 Å². The molecule has 0 bridgehead atoms. The number of amides is 2. The Morgan fingerprint density at radius 2 is 1.78 bits per heavy atom. The van der Waals surface area contributed by atoms with E-state index in [1.807, 2.05) is 35.7 Å². The molecule has 3 rings (SSSR count). The van der Waals surface area contributed by atoms with Crippen molar-refractivity contribution in [2.24, 2.45) is 0 Å². The molecule has 0 aliphatic carbocycles. The van der Waals surface area contributed by atoms with Gasteiger partial charge in [0.05, 0.1) is 4.88 Å². The standard InChI is InChI=1S/C25H29N3O3S/c1-3-28(4-2)14-15-31-22-12-6-5-9-20(22)18-26-24(29)19-10-7-11-21(17-19)27-25(30)23-13-8-16-32-23/h5-13,16-17H,3-4,14-15,18H2,1-2H3,(H,26,29)(H,27,30). The van der Waals surface area contributed by atoms with Crippen LogP contribution >= 0.6 is 11.3 Å². The van der Waals surface area contributed by atoms with Gasteiger partial charge in [-0.15, -0.1) is 11.3 Å². The van der Waals surface area contributed by atoms with Crippen LogP contribution in [0, 0.1) is 0 Å². The van der Waals surface area contributed by atoms with Crippen LogP contribution in [0.4, 0.5) is 5.69 Å². The quantitative estimate of drug-likeness (QED) is 0.445. The molecule has 3 aromatic rings. The van der Waals surface area contributed by atoms with Crippen LogP contribution in [0.25, 0.3) is 0 Å².